The maximum absolute atomic E-state index is 12.4. The number of hydrogen-bond acceptors (Lipinski definition) is 6. The molecule has 0 aliphatic heterocycles. The van der Waals surface area contributed by atoms with E-state index in [1.54, 1.807) is 11.3 Å². The van der Waals surface area contributed by atoms with Crippen LogP contribution in [0.15, 0.2) is 23.0 Å². The number of thiophene rings is 1. The van der Waals surface area contributed by atoms with E-state index >= 15 is 0 Å². The van der Waals surface area contributed by atoms with Gasteiger partial charge < -0.3 is 0 Å². The molecule has 5 nitrogen and oxygen atoms in total. The Bertz CT molecular complexity index is 975. The lowest BCUT2D eigenvalue weighted by molar-refractivity contribution is 0.103. The predicted octanol–water partition coefficient (Wildman–Crippen LogP) is 4.44. The molecule has 0 spiro atoms. The lowest BCUT2D eigenvalue weighted by Gasteiger charge is -1.99. The van der Waals surface area contributed by atoms with E-state index in [1.165, 1.54) is 22.7 Å². The largest absolute Gasteiger partial charge is 0.297 e. The summed E-state index contributed by atoms with van der Waals surface area (Å²) < 4.78 is 2.01. The number of amides is 1. The van der Waals surface area contributed by atoms with Gasteiger partial charge in [0, 0.05) is 17.0 Å². The zero-order chi connectivity index (χ0) is 15.3. The Kier molecular flexibility index (Phi) is 3.24. The number of imidazole rings is 1. The van der Waals surface area contributed by atoms with Gasteiger partial charge >= 0.3 is 0 Å². The van der Waals surface area contributed by atoms with Gasteiger partial charge in [-0.25, -0.2) is 9.97 Å². The van der Waals surface area contributed by atoms with Gasteiger partial charge in [0.15, 0.2) is 10.1 Å². The second-order valence-corrected chi connectivity index (χ2v) is 7.92. The molecule has 0 radical (unpaired) electrons. The quantitative estimate of drug-likeness (QED) is 0.595. The van der Waals surface area contributed by atoms with E-state index in [1.807, 2.05) is 27.4 Å². The highest BCUT2D eigenvalue weighted by Crippen LogP contribution is 2.29. The molecule has 0 fully saturated rings. The van der Waals surface area contributed by atoms with E-state index in [0.717, 1.165) is 21.0 Å². The fraction of sp³-hybridized carbons (Fsp3) is 0.214. The van der Waals surface area contributed by atoms with Crippen molar-refractivity contribution in [2.45, 2.75) is 19.8 Å². The van der Waals surface area contributed by atoms with E-state index < -0.39 is 0 Å². The Morgan fingerprint density at radius 3 is 2.95 bits per heavy atom. The third-order valence-corrected chi connectivity index (χ3v) is 5.85. The number of rotatable bonds is 3. The first kappa shape index (κ1) is 13.9. The second-order valence-electron chi connectivity index (χ2n) is 5.15. The van der Waals surface area contributed by atoms with Gasteiger partial charge in [0.05, 0.1) is 16.1 Å². The van der Waals surface area contributed by atoms with E-state index in [2.05, 4.69) is 29.1 Å². The SMILES string of the molecule is CC(C)c1csc(NC(=O)c2cc3c(nc4sccn43)s2)n1. The number of anilines is 1. The minimum atomic E-state index is -0.128. The smallest absolute Gasteiger partial charge is 0.267 e. The third-order valence-electron chi connectivity index (χ3n) is 3.30. The van der Waals surface area contributed by atoms with Gasteiger partial charge in [-0.3, -0.25) is 14.5 Å². The number of carbonyl (C=O) groups excluding carboxylic acids is 1. The number of aromatic nitrogens is 3. The molecule has 0 aliphatic rings. The fourth-order valence-electron chi connectivity index (χ4n) is 2.13. The molecule has 4 rings (SSSR count). The van der Waals surface area contributed by atoms with Crippen LogP contribution in [0, 0.1) is 0 Å². The van der Waals surface area contributed by atoms with Gasteiger partial charge in [0.2, 0.25) is 0 Å². The van der Waals surface area contributed by atoms with Crippen molar-refractivity contribution in [1.29, 1.82) is 0 Å². The number of nitrogens with zero attached hydrogens (tertiary/aromatic N) is 3. The molecule has 1 amide bonds. The first-order valence-electron chi connectivity index (χ1n) is 6.73. The zero-order valence-electron chi connectivity index (χ0n) is 11.9. The Labute approximate surface area is 138 Å². The molecule has 1 N–H and O–H groups in total. The van der Waals surface area contributed by atoms with Crippen LogP contribution < -0.4 is 5.32 Å². The number of carbonyl (C=O) groups is 1. The third kappa shape index (κ3) is 2.23. The predicted molar refractivity (Wildman–Crippen MR) is 92.6 cm³/mol. The van der Waals surface area contributed by atoms with Crippen molar-refractivity contribution >= 4 is 60.4 Å². The van der Waals surface area contributed by atoms with E-state index in [-0.39, 0.29) is 5.91 Å². The molecule has 0 bridgehead atoms. The summed E-state index contributed by atoms with van der Waals surface area (Å²) in [6.45, 7) is 4.17. The summed E-state index contributed by atoms with van der Waals surface area (Å²) in [5.41, 5.74) is 1.98. The minimum Gasteiger partial charge on any atom is -0.297 e. The Hall–Kier alpha value is -1.77. The Morgan fingerprint density at radius 1 is 1.32 bits per heavy atom. The number of nitrogens with one attached hydrogen (secondary N) is 1. The molecule has 0 saturated heterocycles. The lowest BCUT2D eigenvalue weighted by atomic mass is 10.2. The van der Waals surface area contributed by atoms with Gasteiger partial charge in [0.1, 0.15) is 4.83 Å². The monoisotopic (exact) mass is 348 g/mol. The summed E-state index contributed by atoms with van der Waals surface area (Å²) in [6.07, 6.45) is 1.97. The summed E-state index contributed by atoms with van der Waals surface area (Å²) in [6, 6.07) is 1.89. The standard InChI is InChI=1S/C14H12N4OS3/c1-7(2)8-6-21-13(15-8)16-11(19)10-5-9-12(22-10)17-14-18(9)3-4-20-14/h3-7H,1-2H3,(H,15,16,19). The average Bonchev–Trinajstić information content (AvgIpc) is 3.17. The van der Waals surface area contributed by atoms with Gasteiger partial charge in [-0.2, -0.15) is 0 Å². The van der Waals surface area contributed by atoms with E-state index in [0.29, 0.717) is 15.9 Å². The minimum absolute atomic E-state index is 0.128. The average molecular weight is 348 g/mol. The Morgan fingerprint density at radius 2 is 2.18 bits per heavy atom. The zero-order valence-corrected chi connectivity index (χ0v) is 14.3. The highest BCUT2D eigenvalue weighted by Gasteiger charge is 2.16. The van der Waals surface area contributed by atoms with Crippen molar-refractivity contribution in [3.63, 3.8) is 0 Å². The van der Waals surface area contributed by atoms with Crippen molar-refractivity contribution in [3.8, 4) is 0 Å². The number of fused-ring (bicyclic) bond motifs is 3. The van der Waals surface area contributed by atoms with Crippen LogP contribution in [-0.2, 0) is 0 Å². The maximum atomic E-state index is 12.4. The first-order valence-corrected chi connectivity index (χ1v) is 9.31. The van der Waals surface area contributed by atoms with Crippen LogP contribution in [0.1, 0.15) is 35.1 Å². The van der Waals surface area contributed by atoms with Crippen LogP contribution in [0.4, 0.5) is 5.13 Å². The number of hydrogen-bond donors (Lipinski definition) is 1. The van der Waals surface area contributed by atoms with Crippen molar-refractivity contribution in [2.24, 2.45) is 0 Å². The van der Waals surface area contributed by atoms with E-state index in [9.17, 15) is 4.79 Å². The summed E-state index contributed by atoms with van der Waals surface area (Å²) in [7, 11) is 0. The molecular formula is C14H12N4OS3. The summed E-state index contributed by atoms with van der Waals surface area (Å²) in [5.74, 6) is 0.233. The normalized spacial score (nSPS) is 11.8. The highest BCUT2D eigenvalue weighted by atomic mass is 32.1. The Balaban J connectivity index is 1.62. The van der Waals surface area contributed by atoms with Crippen LogP contribution in [0.3, 0.4) is 0 Å². The fourth-order valence-corrected chi connectivity index (χ4v) is 4.69. The molecule has 8 heteroatoms. The molecular weight excluding hydrogens is 336 g/mol. The topological polar surface area (TPSA) is 59.3 Å². The molecule has 4 aromatic heterocycles. The van der Waals surface area contributed by atoms with Crippen LogP contribution >= 0.6 is 34.0 Å². The molecule has 4 aromatic rings. The first-order chi connectivity index (χ1) is 10.6. The summed E-state index contributed by atoms with van der Waals surface area (Å²) in [4.78, 5) is 23.8. The van der Waals surface area contributed by atoms with Gasteiger partial charge in [-0.05, 0) is 12.0 Å². The summed E-state index contributed by atoms with van der Waals surface area (Å²) in [5, 5.41) is 7.48. The number of thiazole rings is 2. The van der Waals surface area contributed by atoms with Gasteiger partial charge in [-0.15, -0.1) is 34.0 Å². The molecule has 22 heavy (non-hydrogen) atoms. The molecule has 0 unspecified atom stereocenters. The molecule has 0 aromatic carbocycles. The summed E-state index contributed by atoms with van der Waals surface area (Å²) >= 11 is 4.45. The van der Waals surface area contributed by atoms with Crippen molar-refractivity contribution < 1.29 is 4.79 Å². The van der Waals surface area contributed by atoms with Crippen LogP contribution in [0.2, 0.25) is 0 Å². The molecule has 112 valence electrons. The van der Waals surface area contributed by atoms with Gasteiger partial charge in [0.25, 0.3) is 5.91 Å². The van der Waals surface area contributed by atoms with Crippen LogP contribution in [0.25, 0.3) is 15.3 Å². The van der Waals surface area contributed by atoms with Crippen molar-refractivity contribution in [1.82, 2.24) is 14.4 Å². The van der Waals surface area contributed by atoms with Crippen molar-refractivity contribution in [3.05, 3.63) is 33.6 Å². The second kappa shape index (κ2) is 5.15. The lowest BCUT2D eigenvalue weighted by Crippen LogP contribution is -2.10. The van der Waals surface area contributed by atoms with E-state index in [4.69, 9.17) is 0 Å². The van der Waals surface area contributed by atoms with Crippen molar-refractivity contribution in [2.75, 3.05) is 5.32 Å². The molecule has 4 heterocycles. The molecule has 0 saturated carbocycles. The van der Waals surface area contributed by atoms with Crippen LogP contribution in [0.5, 0.6) is 0 Å². The molecule has 0 aliphatic carbocycles. The molecule has 0 atom stereocenters. The van der Waals surface area contributed by atoms with Gasteiger partial charge in [-0.1, -0.05) is 13.8 Å². The highest BCUT2D eigenvalue weighted by molar-refractivity contribution is 7.21. The maximum Gasteiger partial charge on any atom is 0.267 e. The van der Waals surface area contributed by atoms with Crippen LogP contribution in [-0.4, -0.2) is 20.3 Å².